The van der Waals surface area contributed by atoms with Crippen LogP contribution in [0.2, 0.25) is 0 Å². The van der Waals surface area contributed by atoms with Gasteiger partial charge in [0, 0.05) is 34.4 Å². The minimum absolute atomic E-state index is 0.104. The van der Waals surface area contributed by atoms with E-state index in [2.05, 4.69) is 63.7 Å². The molecule has 6 rings (SSSR count). The minimum atomic E-state index is -0.313. The molecule has 0 fully saturated rings. The van der Waals surface area contributed by atoms with Gasteiger partial charge in [0.15, 0.2) is 5.78 Å². The van der Waals surface area contributed by atoms with Gasteiger partial charge in [-0.05, 0) is 71.1 Å². The van der Waals surface area contributed by atoms with E-state index in [4.69, 9.17) is 4.42 Å². The van der Waals surface area contributed by atoms with Gasteiger partial charge in [-0.2, -0.15) is 0 Å². The molecule has 3 nitrogen and oxygen atoms in total. The fourth-order valence-electron chi connectivity index (χ4n) is 3.90. The Kier molecular flexibility index (Phi) is 6.16. The van der Waals surface area contributed by atoms with E-state index in [1.165, 1.54) is 0 Å². The third kappa shape index (κ3) is 4.28. The van der Waals surface area contributed by atoms with Crippen LogP contribution in [0.3, 0.4) is 0 Å². The highest BCUT2D eigenvalue weighted by molar-refractivity contribution is 9.11. The summed E-state index contributed by atoms with van der Waals surface area (Å²) in [5.74, 6) is 0.104. The lowest BCUT2D eigenvalue weighted by molar-refractivity contribution is 0.104. The lowest BCUT2D eigenvalue weighted by Crippen LogP contribution is -1.99. The summed E-state index contributed by atoms with van der Waals surface area (Å²) in [5.41, 5.74) is 3.89. The van der Waals surface area contributed by atoms with Crippen LogP contribution in [0.1, 0.15) is 15.9 Å². The molecule has 0 unspecified atom stereocenters. The standard InChI is InChI=1S/C13H6Br2O2.C13H6Br2O/c14-7-1-3-9-10-4-2-8(15)6-12(10)17-13(16)11(9)5-7;14-7-1-3-9-10-4-2-8(15)6-12(10)13(16)11(9)5-7/h1-6H;1-6H. The maximum Gasteiger partial charge on any atom is 0.344 e. The van der Waals surface area contributed by atoms with Gasteiger partial charge in [-0.1, -0.05) is 81.9 Å². The number of hydrogen-bond donors (Lipinski definition) is 0. The van der Waals surface area contributed by atoms with E-state index in [0.717, 1.165) is 50.9 Å². The van der Waals surface area contributed by atoms with Crippen molar-refractivity contribution in [1.29, 1.82) is 0 Å². The number of benzene rings is 4. The second-order valence-electron chi connectivity index (χ2n) is 7.43. The summed E-state index contributed by atoms with van der Waals surface area (Å²) in [6.07, 6.45) is 0. The molecule has 1 aliphatic rings. The van der Waals surface area contributed by atoms with E-state index < -0.39 is 0 Å². The number of fused-ring (bicyclic) bond motifs is 6. The predicted octanol–water partition coefficient (Wildman–Crippen LogP) is 8.89. The van der Waals surface area contributed by atoms with Crippen molar-refractivity contribution in [2.24, 2.45) is 0 Å². The molecule has 0 saturated heterocycles. The molecule has 162 valence electrons. The molecule has 0 saturated carbocycles. The third-order valence-electron chi connectivity index (χ3n) is 5.38. The topological polar surface area (TPSA) is 47.3 Å². The van der Waals surface area contributed by atoms with E-state index in [1.807, 2.05) is 60.7 Å². The highest BCUT2D eigenvalue weighted by Crippen LogP contribution is 2.38. The van der Waals surface area contributed by atoms with Gasteiger partial charge in [-0.3, -0.25) is 4.79 Å². The van der Waals surface area contributed by atoms with Crippen molar-refractivity contribution in [2.45, 2.75) is 0 Å². The van der Waals surface area contributed by atoms with Gasteiger partial charge in [0.1, 0.15) is 5.58 Å². The first-order chi connectivity index (χ1) is 15.8. The largest absolute Gasteiger partial charge is 0.422 e. The van der Waals surface area contributed by atoms with Crippen LogP contribution in [0.5, 0.6) is 0 Å². The van der Waals surface area contributed by atoms with Crippen LogP contribution in [0.15, 0.2) is 99.9 Å². The van der Waals surface area contributed by atoms with Gasteiger partial charge in [-0.25, -0.2) is 4.79 Å². The van der Waals surface area contributed by atoms with Gasteiger partial charge in [0.25, 0.3) is 0 Å². The number of hydrogen-bond acceptors (Lipinski definition) is 3. The zero-order valence-electron chi connectivity index (χ0n) is 16.7. The summed E-state index contributed by atoms with van der Waals surface area (Å²) >= 11 is 13.5. The molecule has 5 aromatic rings. The van der Waals surface area contributed by atoms with E-state index in [9.17, 15) is 9.59 Å². The van der Waals surface area contributed by atoms with Crippen LogP contribution in [0, 0.1) is 0 Å². The highest BCUT2D eigenvalue weighted by Gasteiger charge is 2.26. The summed E-state index contributed by atoms with van der Waals surface area (Å²) in [5, 5.41) is 2.44. The van der Waals surface area contributed by atoms with Crippen molar-refractivity contribution >= 4 is 91.2 Å². The molecule has 7 heteroatoms. The maximum absolute atomic E-state index is 12.2. The maximum atomic E-state index is 12.2. The smallest absolute Gasteiger partial charge is 0.344 e. The minimum Gasteiger partial charge on any atom is -0.422 e. The van der Waals surface area contributed by atoms with Gasteiger partial charge in [0.05, 0.1) is 5.39 Å². The van der Waals surface area contributed by atoms with Gasteiger partial charge in [-0.15, -0.1) is 0 Å². The fourth-order valence-corrected chi connectivity index (χ4v) is 5.33. The number of rotatable bonds is 0. The van der Waals surface area contributed by atoms with Crippen LogP contribution in [0.4, 0.5) is 0 Å². The molecule has 0 bridgehead atoms. The first kappa shape index (κ1) is 22.7. The Morgan fingerprint density at radius 1 is 0.485 bits per heavy atom. The van der Waals surface area contributed by atoms with Crippen molar-refractivity contribution in [2.75, 3.05) is 0 Å². The summed E-state index contributed by atoms with van der Waals surface area (Å²) in [6, 6.07) is 23.0. The van der Waals surface area contributed by atoms with Crippen molar-refractivity contribution < 1.29 is 9.21 Å². The van der Waals surface area contributed by atoms with Crippen LogP contribution < -0.4 is 5.63 Å². The second kappa shape index (κ2) is 8.95. The molecule has 1 heterocycles. The lowest BCUT2D eigenvalue weighted by atomic mass is 10.1. The van der Waals surface area contributed by atoms with Crippen molar-refractivity contribution in [1.82, 2.24) is 0 Å². The van der Waals surface area contributed by atoms with E-state index in [-0.39, 0.29) is 11.4 Å². The van der Waals surface area contributed by atoms with Crippen LogP contribution in [-0.2, 0) is 0 Å². The molecule has 0 radical (unpaired) electrons. The van der Waals surface area contributed by atoms with Crippen molar-refractivity contribution in [3.63, 3.8) is 0 Å². The Bertz CT molecular complexity index is 1600. The summed E-state index contributed by atoms with van der Waals surface area (Å²) in [4.78, 5) is 24.0. The second-order valence-corrected chi connectivity index (χ2v) is 11.1. The van der Waals surface area contributed by atoms with E-state index >= 15 is 0 Å². The first-order valence-electron chi connectivity index (χ1n) is 9.77. The lowest BCUT2D eigenvalue weighted by Gasteiger charge is -2.03. The summed E-state index contributed by atoms with van der Waals surface area (Å²) < 4.78 is 8.94. The number of carbonyl (C=O) groups is 1. The normalized spacial score (nSPS) is 11.8. The Morgan fingerprint density at radius 3 is 1.58 bits per heavy atom. The van der Waals surface area contributed by atoms with E-state index in [0.29, 0.717) is 11.0 Å². The van der Waals surface area contributed by atoms with E-state index in [1.54, 1.807) is 12.1 Å². The van der Waals surface area contributed by atoms with Crippen molar-refractivity contribution in [3.8, 4) is 11.1 Å². The molecule has 1 aliphatic carbocycles. The molecule has 0 amide bonds. The zero-order chi connectivity index (χ0) is 23.3. The van der Waals surface area contributed by atoms with Crippen LogP contribution in [-0.4, -0.2) is 5.78 Å². The Morgan fingerprint density at radius 2 is 0.970 bits per heavy atom. The molecule has 33 heavy (non-hydrogen) atoms. The molecule has 0 spiro atoms. The Labute approximate surface area is 222 Å². The Hall–Kier alpha value is -2.06. The molecule has 0 atom stereocenters. The van der Waals surface area contributed by atoms with Crippen LogP contribution >= 0.6 is 63.7 Å². The molecule has 0 aliphatic heterocycles. The number of carbonyl (C=O) groups excluding carboxylic acids is 1. The quantitative estimate of drug-likeness (QED) is 0.118. The van der Waals surface area contributed by atoms with Crippen molar-refractivity contribution in [3.05, 3.63) is 112 Å². The first-order valence-corrected chi connectivity index (χ1v) is 12.9. The zero-order valence-corrected chi connectivity index (χ0v) is 23.0. The summed E-state index contributed by atoms with van der Waals surface area (Å²) in [6.45, 7) is 0. The molecular formula is C26H12Br4O3. The average Bonchev–Trinajstić information content (AvgIpc) is 3.05. The molecule has 0 N–H and O–H groups in total. The number of halogens is 4. The monoisotopic (exact) mass is 688 g/mol. The molecule has 1 aromatic heterocycles. The van der Waals surface area contributed by atoms with Gasteiger partial charge in [0.2, 0.25) is 0 Å². The average molecular weight is 692 g/mol. The predicted molar refractivity (Wildman–Crippen MR) is 146 cm³/mol. The SMILES string of the molecule is O=C1c2cc(Br)ccc2-c2ccc(Br)cc21.O=c1oc2cc(Br)ccc2c2ccc(Br)cc12. The third-order valence-corrected chi connectivity index (χ3v) is 7.35. The van der Waals surface area contributed by atoms with Crippen LogP contribution in [0.25, 0.3) is 32.9 Å². The number of ketones is 1. The van der Waals surface area contributed by atoms with Gasteiger partial charge < -0.3 is 4.42 Å². The van der Waals surface area contributed by atoms with Gasteiger partial charge >= 0.3 is 5.63 Å². The Balaban J connectivity index is 0.000000139. The molecular weight excluding hydrogens is 680 g/mol. The molecule has 4 aromatic carbocycles. The summed E-state index contributed by atoms with van der Waals surface area (Å²) in [7, 11) is 0. The highest BCUT2D eigenvalue weighted by atomic mass is 79.9. The fraction of sp³-hybridized carbons (Fsp3) is 0.